The van der Waals surface area contributed by atoms with Crippen LogP contribution in [-0.4, -0.2) is 49.0 Å². The van der Waals surface area contributed by atoms with Crippen LogP contribution in [0.1, 0.15) is 5.56 Å². The first-order valence-electron chi connectivity index (χ1n) is 6.02. The maximum absolute atomic E-state index is 5.43. The minimum atomic E-state index is 0.324. The highest BCUT2D eigenvalue weighted by atomic mass is 32.2. The zero-order valence-electron chi connectivity index (χ0n) is 10.3. The first-order valence-corrected chi connectivity index (χ1v) is 7.24. The van der Waals surface area contributed by atoms with Crippen molar-refractivity contribution >= 4 is 16.8 Å². The molecule has 1 aromatic rings. The van der Waals surface area contributed by atoms with E-state index >= 15 is 0 Å². The van der Waals surface area contributed by atoms with E-state index in [-0.39, 0.29) is 0 Å². The normalized spacial score (nSPS) is 17.9. The Balaban J connectivity index is 1.96. The number of hydrogen-bond donors (Lipinski definition) is 0. The van der Waals surface area contributed by atoms with Gasteiger partial charge in [-0.1, -0.05) is 11.8 Å². The molecule has 0 bridgehead atoms. The number of nitrogens with zero attached hydrogens (tertiary/aromatic N) is 1. The van der Waals surface area contributed by atoms with Crippen LogP contribution >= 0.6 is 11.8 Å². The van der Waals surface area contributed by atoms with Crippen molar-refractivity contribution in [3.05, 3.63) is 23.8 Å². The van der Waals surface area contributed by atoms with Gasteiger partial charge in [0.1, 0.15) is 13.2 Å². The molecule has 3 rings (SSSR count). The molecule has 1 fully saturated rings. The zero-order chi connectivity index (χ0) is 12.4. The molecule has 18 heavy (non-hydrogen) atoms. The molecule has 0 aliphatic carbocycles. The average molecular weight is 266 g/mol. The fourth-order valence-corrected chi connectivity index (χ4v) is 3.03. The summed E-state index contributed by atoms with van der Waals surface area (Å²) in [5.74, 6) is 1.67. The van der Waals surface area contributed by atoms with E-state index in [9.17, 15) is 0 Å². The largest absolute Gasteiger partial charge is 0.454 e. The van der Waals surface area contributed by atoms with E-state index in [2.05, 4.69) is 23.0 Å². The minimum Gasteiger partial charge on any atom is -0.454 e. The van der Waals surface area contributed by atoms with E-state index in [0.717, 1.165) is 37.8 Å². The quantitative estimate of drug-likeness (QED) is 0.570. The van der Waals surface area contributed by atoms with Crippen LogP contribution in [-0.2, 0) is 4.74 Å². The molecule has 2 aliphatic heterocycles. The fraction of sp³-hybridized carbons (Fsp3) is 0.462. The maximum atomic E-state index is 5.43. The van der Waals surface area contributed by atoms with Gasteiger partial charge in [0.25, 0.3) is 0 Å². The Morgan fingerprint density at radius 3 is 2.72 bits per heavy atom. The van der Waals surface area contributed by atoms with Crippen LogP contribution in [0.25, 0.3) is 0 Å². The summed E-state index contributed by atoms with van der Waals surface area (Å²) >= 11 is 1.77. The SMILES string of the molecule is CSC(c1ccc2c(c1)OCO2)=[N+]1CCOCC1. The molecule has 0 aromatic heterocycles. The molecule has 4 nitrogen and oxygen atoms in total. The predicted molar refractivity (Wildman–Crippen MR) is 71.0 cm³/mol. The Kier molecular flexibility index (Phi) is 3.43. The number of hydrogen-bond acceptors (Lipinski definition) is 4. The lowest BCUT2D eigenvalue weighted by Gasteiger charge is -2.14. The van der Waals surface area contributed by atoms with Gasteiger partial charge < -0.3 is 14.2 Å². The third-order valence-corrected chi connectivity index (χ3v) is 3.99. The molecule has 0 amide bonds. The first-order chi connectivity index (χ1) is 8.88. The van der Waals surface area contributed by atoms with Gasteiger partial charge in [-0.3, -0.25) is 0 Å². The highest BCUT2D eigenvalue weighted by Gasteiger charge is 2.22. The second kappa shape index (κ2) is 5.20. The van der Waals surface area contributed by atoms with Gasteiger partial charge in [-0.25, -0.2) is 4.58 Å². The molecule has 2 heterocycles. The van der Waals surface area contributed by atoms with Gasteiger partial charge in [0.05, 0.1) is 5.56 Å². The summed E-state index contributed by atoms with van der Waals surface area (Å²) in [4.78, 5) is 0. The molecule has 5 heteroatoms. The Bertz CT molecular complexity index is 479. The van der Waals surface area contributed by atoms with Crippen LogP contribution in [0.15, 0.2) is 18.2 Å². The summed E-state index contributed by atoms with van der Waals surface area (Å²) < 4.78 is 18.5. The van der Waals surface area contributed by atoms with E-state index in [0.29, 0.717) is 6.79 Å². The maximum Gasteiger partial charge on any atom is 0.242 e. The summed E-state index contributed by atoms with van der Waals surface area (Å²) in [6, 6.07) is 6.13. The molecular weight excluding hydrogens is 250 g/mol. The second-order valence-corrected chi connectivity index (χ2v) is 4.97. The lowest BCUT2D eigenvalue weighted by atomic mass is 10.2. The number of rotatable bonds is 1. The standard InChI is InChI=1S/C13H16NO3S/c1-18-13(14-4-6-15-7-5-14)10-2-3-11-12(8-10)17-9-16-11/h2-3,8H,4-7,9H2,1H3/q+1. The number of thioether (sulfide) groups is 1. The van der Waals surface area contributed by atoms with Crippen molar-refractivity contribution in [3.63, 3.8) is 0 Å². The number of benzene rings is 1. The van der Waals surface area contributed by atoms with Crippen molar-refractivity contribution < 1.29 is 18.8 Å². The molecule has 0 radical (unpaired) electrons. The van der Waals surface area contributed by atoms with E-state index in [4.69, 9.17) is 14.2 Å². The minimum absolute atomic E-state index is 0.324. The zero-order valence-corrected chi connectivity index (χ0v) is 11.2. The summed E-state index contributed by atoms with van der Waals surface area (Å²) in [5.41, 5.74) is 1.19. The topological polar surface area (TPSA) is 30.7 Å². The van der Waals surface area contributed by atoms with E-state index in [1.54, 1.807) is 11.8 Å². The smallest absolute Gasteiger partial charge is 0.242 e. The van der Waals surface area contributed by atoms with Crippen molar-refractivity contribution in [1.82, 2.24) is 0 Å². The van der Waals surface area contributed by atoms with Crippen molar-refractivity contribution in [2.45, 2.75) is 0 Å². The summed E-state index contributed by atoms with van der Waals surface area (Å²) in [5, 5.41) is 1.27. The average Bonchev–Trinajstić information content (AvgIpc) is 2.88. The van der Waals surface area contributed by atoms with Crippen molar-refractivity contribution in [1.29, 1.82) is 0 Å². The van der Waals surface area contributed by atoms with E-state index in [1.807, 2.05) is 6.07 Å². The van der Waals surface area contributed by atoms with Gasteiger partial charge in [0, 0.05) is 0 Å². The Morgan fingerprint density at radius 1 is 1.17 bits per heavy atom. The number of ether oxygens (including phenoxy) is 3. The van der Waals surface area contributed by atoms with Crippen LogP contribution in [0.4, 0.5) is 0 Å². The highest BCUT2D eigenvalue weighted by molar-refractivity contribution is 8.13. The molecule has 1 saturated heterocycles. The van der Waals surface area contributed by atoms with Crippen LogP contribution in [0.5, 0.6) is 11.5 Å². The van der Waals surface area contributed by atoms with Crippen LogP contribution < -0.4 is 9.47 Å². The predicted octanol–water partition coefficient (Wildman–Crippen LogP) is 1.57. The Hall–Kier alpha value is -1.20. The summed E-state index contributed by atoms with van der Waals surface area (Å²) in [7, 11) is 0. The molecule has 1 aromatic carbocycles. The third-order valence-electron chi connectivity index (χ3n) is 3.11. The summed E-state index contributed by atoms with van der Waals surface area (Å²) in [6.45, 7) is 3.82. The summed E-state index contributed by atoms with van der Waals surface area (Å²) in [6.07, 6.45) is 2.11. The molecule has 0 N–H and O–H groups in total. The number of morpholine rings is 1. The van der Waals surface area contributed by atoms with Crippen molar-refractivity contribution in [2.75, 3.05) is 39.4 Å². The molecule has 96 valence electrons. The molecule has 2 aliphatic rings. The van der Waals surface area contributed by atoms with Gasteiger partial charge in [-0.2, -0.15) is 0 Å². The molecule has 0 atom stereocenters. The first kappa shape index (κ1) is 11.9. The van der Waals surface area contributed by atoms with Crippen LogP contribution in [0.3, 0.4) is 0 Å². The van der Waals surface area contributed by atoms with E-state index in [1.165, 1.54) is 10.6 Å². The Labute approximate surface area is 111 Å². The van der Waals surface area contributed by atoms with Gasteiger partial charge in [-0.15, -0.1) is 0 Å². The van der Waals surface area contributed by atoms with E-state index < -0.39 is 0 Å². The van der Waals surface area contributed by atoms with Gasteiger partial charge in [0.15, 0.2) is 24.6 Å². The molecule has 0 saturated carbocycles. The van der Waals surface area contributed by atoms with Crippen molar-refractivity contribution in [3.8, 4) is 11.5 Å². The number of fused-ring (bicyclic) bond motifs is 1. The van der Waals surface area contributed by atoms with Gasteiger partial charge >= 0.3 is 0 Å². The monoisotopic (exact) mass is 266 g/mol. The lowest BCUT2D eigenvalue weighted by Crippen LogP contribution is -2.32. The Morgan fingerprint density at radius 2 is 1.94 bits per heavy atom. The third kappa shape index (κ3) is 2.20. The van der Waals surface area contributed by atoms with Crippen LogP contribution in [0, 0.1) is 0 Å². The lowest BCUT2D eigenvalue weighted by molar-refractivity contribution is -0.546. The fourth-order valence-electron chi connectivity index (χ4n) is 2.23. The van der Waals surface area contributed by atoms with Gasteiger partial charge in [0.2, 0.25) is 11.8 Å². The van der Waals surface area contributed by atoms with Crippen LogP contribution in [0.2, 0.25) is 0 Å². The van der Waals surface area contributed by atoms with Crippen molar-refractivity contribution in [2.24, 2.45) is 0 Å². The second-order valence-electron chi connectivity index (χ2n) is 4.18. The molecule has 0 unspecified atom stereocenters. The molecule has 0 spiro atoms. The molecular formula is C13H16NO3S+. The van der Waals surface area contributed by atoms with Gasteiger partial charge in [-0.05, 0) is 24.5 Å². The highest BCUT2D eigenvalue weighted by Crippen LogP contribution is 2.33.